The van der Waals surface area contributed by atoms with Crippen molar-refractivity contribution in [2.45, 2.75) is 0 Å². The number of nitrogens with one attached hydrogen (secondary N) is 1. The lowest BCUT2D eigenvalue weighted by molar-refractivity contribution is 0.101. The van der Waals surface area contributed by atoms with Gasteiger partial charge in [-0.25, -0.2) is 4.98 Å². The van der Waals surface area contributed by atoms with E-state index in [0.29, 0.717) is 38.6 Å². The van der Waals surface area contributed by atoms with Crippen molar-refractivity contribution < 1.29 is 9.53 Å². The highest BCUT2D eigenvalue weighted by atomic mass is 35.5. The summed E-state index contributed by atoms with van der Waals surface area (Å²) >= 11 is 5.99. The number of halogens is 1. The predicted molar refractivity (Wildman–Crippen MR) is 113 cm³/mol. The first-order valence-corrected chi connectivity index (χ1v) is 9.18. The molecule has 0 aliphatic heterocycles. The Morgan fingerprint density at radius 2 is 1.83 bits per heavy atom. The molecule has 0 radical (unpaired) electrons. The summed E-state index contributed by atoms with van der Waals surface area (Å²) in [7, 11) is 1.56. The average Bonchev–Trinajstić information content (AvgIpc) is 2.75. The van der Waals surface area contributed by atoms with Crippen molar-refractivity contribution >= 4 is 28.4 Å². The molecular formula is C22H16ClN3O3. The third kappa shape index (κ3) is 3.70. The second-order valence-corrected chi connectivity index (χ2v) is 6.71. The highest BCUT2D eigenvalue weighted by Gasteiger charge is 2.16. The molecule has 6 nitrogen and oxygen atoms in total. The van der Waals surface area contributed by atoms with Gasteiger partial charge in [-0.2, -0.15) is 4.68 Å². The number of hydrogen-bond acceptors (Lipinski definition) is 4. The molecule has 0 bridgehead atoms. The summed E-state index contributed by atoms with van der Waals surface area (Å²) < 4.78 is 6.43. The quantitative estimate of drug-likeness (QED) is 0.554. The molecule has 0 aliphatic rings. The maximum Gasteiger partial charge on any atom is 0.280 e. The Balaban J connectivity index is 1.90. The number of aromatic nitrogens is 2. The van der Waals surface area contributed by atoms with Gasteiger partial charge in [0, 0.05) is 16.1 Å². The molecule has 0 saturated heterocycles. The Morgan fingerprint density at radius 3 is 2.62 bits per heavy atom. The van der Waals surface area contributed by atoms with Gasteiger partial charge >= 0.3 is 0 Å². The lowest BCUT2D eigenvalue weighted by Crippen LogP contribution is -2.35. The minimum absolute atomic E-state index is 0.294. The standard InChI is InChI=1S/C22H16ClN3O3/c1-29-17-9-5-6-14(13-17)20-24-19-11-3-2-10-18(19)22(28)26(20)25-21(27)15-7-4-8-16(23)12-15/h2-13H,1H3,(H,25,27). The molecule has 0 fully saturated rings. The fourth-order valence-electron chi connectivity index (χ4n) is 2.99. The molecule has 29 heavy (non-hydrogen) atoms. The number of carbonyl (C=O) groups excluding carboxylic acids is 1. The number of hydrogen-bond donors (Lipinski definition) is 1. The third-order valence-corrected chi connectivity index (χ3v) is 4.64. The molecular weight excluding hydrogens is 390 g/mol. The first kappa shape index (κ1) is 18.7. The van der Waals surface area contributed by atoms with E-state index in [-0.39, 0.29) is 5.56 Å². The first-order chi connectivity index (χ1) is 14.1. The topological polar surface area (TPSA) is 73.2 Å². The van der Waals surface area contributed by atoms with Gasteiger partial charge in [-0.05, 0) is 42.5 Å². The molecule has 4 aromatic rings. The maximum absolute atomic E-state index is 13.2. The van der Waals surface area contributed by atoms with Crippen LogP contribution in [0.3, 0.4) is 0 Å². The van der Waals surface area contributed by atoms with Gasteiger partial charge in [0.2, 0.25) is 0 Å². The number of rotatable bonds is 4. The van der Waals surface area contributed by atoms with Gasteiger partial charge in [0.1, 0.15) is 5.75 Å². The zero-order valence-corrected chi connectivity index (χ0v) is 16.2. The summed E-state index contributed by atoms with van der Waals surface area (Å²) in [6.07, 6.45) is 0. The summed E-state index contributed by atoms with van der Waals surface area (Å²) in [5.41, 5.74) is 3.75. The normalized spacial score (nSPS) is 10.7. The first-order valence-electron chi connectivity index (χ1n) is 8.80. The molecule has 1 amide bonds. The number of benzene rings is 3. The number of fused-ring (bicyclic) bond motifs is 1. The zero-order chi connectivity index (χ0) is 20.4. The van der Waals surface area contributed by atoms with Crippen LogP contribution in [0.4, 0.5) is 0 Å². The van der Waals surface area contributed by atoms with Crippen molar-refractivity contribution in [3.05, 3.63) is 93.7 Å². The van der Waals surface area contributed by atoms with E-state index in [4.69, 9.17) is 16.3 Å². The highest BCUT2D eigenvalue weighted by molar-refractivity contribution is 6.31. The summed E-state index contributed by atoms with van der Waals surface area (Å²) in [6.45, 7) is 0. The van der Waals surface area contributed by atoms with Crippen molar-refractivity contribution in [3.8, 4) is 17.1 Å². The van der Waals surface area contributed by atoms with Gasteiger partial charge in [-0.15, -0.1) is 0 Å². The van der Waals surface area contributed by atoms with Crippen molar-refractivity contribution in [3.63, 3.8) is 0 Å². The molecule has 144 valence electrons. The van der Waals surface area contributed by atoms with Crippen LogP contribution in [0.5, 0.6) is 5.75 Å². The van der Waals surface area contributed by atoms with Crippen molar-refractivity contribution in [1.82, 2.24) is 9.66 Å². The molecule has 0 aliphatic carbocycles. The van der Waals surface area contributed by atoms with Crippen molar-refractivity contribution in [2.75, 3.05) is 12.5 Å². The van der Waals surface area contributed by atoms with Gasteiger partial charge in [-0.1, -0.05) is 41.9 Å². The molecule has 0 atom stereocenters. The molecule has 0 saturated carbocycles. The number of ether oxygens (including phenoxy) is 1. The van der Waals surface area contributed by atoms with Crippen LogP contribution in [0.25, 0.3) is 22.3 Å². The van der Waals surface area contributed by atoms with E-state index < -0.39 is 5.91 Å². The van der Waals surface area contributed by atoms with Gasteiger partial charge in [-0.3, -0.25) is 15.0 Å². The van der Waals surface area contributed by atoms with E-state index >= 15 is 0 Å². The number of para-hydroxylation sites is 1. The predicted octanol–water partition coefficient (Wildman–Crippen LogP) is 4.11. The van der Waals surface area contributed by atoms with Crippen molar-refractivity contribution in [2.24, 2.45) is 0 Å². The maximum atomic E-state index is 13.2. The lowest BCUT2D eigenvalue weighted by atomic mass is 10.1. The van der Waals surface area contributed by atoms with Crippen LogP contribution in [0.15, 0.2) is 77.6 Å². The minimum atomic E-state index is -0.476. The second kappa shape index (κ2) is 7.77. The Hall–Kier alpha value is -3.64. The van der Waals surface area contributed by atoms with E-state index in [1.165, 1.54) is 6.07 Å². The molecule has 3 aromatic carbocycles. The third-order valence-electron chi connectivity index (χ3n) is 4.40. The van der Waals surface area contributed by atoms with Gasteiger partial charge in [0.15, 0.2) is 5.82 Å². The van der Waals surface area contributed by atoms with Crippen LogP contribution >= 0.6 is 11.6 Å². The Kier molecular flexibility index (Phi) is 5.01. The molecule has 0 spiro atoms. The van der Waals surface area contributed by atoms with Gasteiger partial charge in [0.05, 0.1) is 18.0 Å². The van der Waals surface area contributed by atoms with Crippen LogP contribution in [0, 0.1) is 0 Å². The fraction of sp³-hybridized carbons (Fsp3) is 0.0455. The van der Waals surface area contributed by atoms with Crippen LogP contribution < -0.4 is 15.7 Å². The van der Waals surface area contributed by atoms with E-state index in [1.807, 2.05) is 0 Å². The Morgan fingerprint density at radius 1 is 1.03 bits per heavy atom. The SMILES string of the molecule is COc1cccc(-c2nc3ccccc3c(=O)n2NC(=O)c2cccc(Cl)c2)c1. The van der Waals surface area contributed by atoms with Gasteiger partial charge < -0.3 is 4.74 Å². The highest BCUT2D eigenvalue weighted by Crippen LogP contribution is 2.23. The molecule has 1 aromatic heterocycles. The van der Waals surface area contributed by atoms with E-state index in [2.05, 4.69) is 10.4 Å². The molecule has 4 rings (SSSR count). The monoisotopic (exact) mass is 405 g/mol. The van der Waals surface area contributed by atoms with E-state index in [0.717, 1.165) is 4.68 Å². The second-order valence-electron chi connectivity index (χ2n) is 6.28. The smallest absolute Gasteiger partial charge is 0.280 e. The van der Waals surface area contributed by atoms with Crippen LogP contribution in [0.2, 0.25) is 5.02 Å². The zero-order valence-electron chi connectivity index (χ0n) is 15.4. The molecule has 1 heterocycles. The fourth-order valence-corrected chi connectivity index (χ4v) is 3.18. The number of nitrogens with zero attached hydrogens (tertiary/aromatic N) is 2. The van der Waals surface area contributed by atoms with Crippen LogP contribution in [-0.4, -0.2) is 22.7 Å². The summed E-state index contributed by atoms with van der Waals surface area (Å²) in [5.74, 6) is 0.427. The van der Waals surface area contributed by atoms with Crippen LogP contribution in [-0.2, 0) is 0 Å². The molecule has 7 heteroatoms. The summed E-state index contributed by atoms with van der Waals surface area (Å²) in [6, 6.07) is 20.6. The Bertz CT molecular complexity index is 1280. The number of methoxy groups -OCH3 is 1. The minimum Gasteiger partial charge on any atom is -0.497 e. The van der Waals surface area contributed by atoms with E-state index in [1.54, 1.807) is 73.8 Å². The average molecular weight is 406 g/mol. The molecule has 0 unspecified atom stereocenters. The lowest BCUT2D eigenvalue weighted by Gasteiger charge is -2.15. The molecule has 1 N–H and O–H groups in total. The Labute approximate surface area is 171 Å². The number of amides is 1. The van der Waals surface area contributed by atoms with Crippen molar-refractivity contribution in [1.29, 1.82) is 0 Å². The summed E-state index contributed by atoms with van der Waals surface area (Å²) in [5, 5.41) is 0.820. The summed E-state index contributed by atoms with van der Waals surface area (Å²) in [4.78, 5) is 30.6. The number of carbonyl (C=O) groups is 1. The van der Waals surface area contributed by atoms with Gasteiger partial charge in [0.25, 0.3) is 11.5 Å². The largest absolute Gasteiger partial charge is 0.497 e. The van der Waals surface area contributed by atoms with Crippen LogP contribution in [0.1, 0.15) is 10.4 Å². The van der Waals surface area contributed by atoms with E-state index in [9.17, 15) is 9.59 Å².